The quantitative estimate of drug-likeness (QED) is 0.263. The van der Waals surface area contributed by atoms with E-state index < -0.39 is 0 Å². The number of amides is 2. The average molecular weight is 463 g/mol. The van der Waals surface area contributed by atoms with Crippen LogP contribution in [0.4, 0.5) is 11.5 Å². The summed E-state index contributed by atoms with van der Waals surface area (Å²) in [5.41, 5.74) is 4.36. The van der Waals surface area contributed by atoms with Crippen LogP contribution in [0.5, 0.6) is 0 Å². The summed E-state index contributed by atoms with van der Waals surface area (Å²) >= 11 is 0. The maximum atomic E-state index is 12.5. The molecule has 1 aromatic heterocycles. The van der Waals surface area contributed by atoms with E-state index in [1.54, 1.807) is 29.9 Å². The molecule has 0 fully saturated rings. The molecule has 0 saturated carbocycles. The van der Waals surface area contributed by atoms with E-state index in [4.69, 9.17) is 0 Å². The molecular formula is C29H26N4O2. The monoisotopic (exact) mass is 462 g/mol. The fraction of sp³-hybridized carbons (Fsp3) is 0.0690. The third-order valence-corrected chi connectivity index (χ3v) is 5.40. The summed E-state index contributed by atoms with van der Waals surface area (Å²) in [6.45, 7) is 3.86. The van der Waals surface area contributed by atoms with Crippen molar-refractivity contribution in [3.05, 3.63) is 126 Å². The second kappa shape index (κ2) is 10.9. The first-order chi connectivity index (χ1) is 17.0. The van der Waals surface area contributed by atoms with Gasteiger partial charge in [0.25, 0.3) is 11.8 Å². The van der Waals surface area contributed by atoms with E-state index in [1.165, 1.54) is 5.56 Å². The van der Waals surface area contributed by atoms with Crippen molar-refractivity contribution in [1.29, 1.82) is 0 Å². The van der Waals surface area contributed by atoms with E-state index >= 15 is 0 Å². The molecule has 0 radical (unpaired) electrons. The van der Waals surface area contributed by atoms with Crippen LogP contribution >= 0.6 is 0 Å². The predicted octanol–water partition coefficient (Wildman–Crippen LogP) is 5.63. The number of rotatable bonds is 8. The van der Waals surface area contributed by atoms with Crippen LogP contribution in [-0.4, -0.2) is 21.6 Å². The zero-order chi connectivity index (χ0) is 24.6. The summed E-state index contributed by atoms with van der Waals surface area (Å²) in [7, 11) is 1.77. The highest BCUT2D eigenvalue weighted by Crippen LogP contribution is 2.23. The van der Waals surface area contributed by atoms with E-state index in [-0.39, 0.29) is 11.8 Å². The summed E-state index contributed by atoms with van der Waals surface area (Å²) in [6, 6.07) is 28.2. The van der Waals surface area contributed by atoms with Crippen LogP contribution < -0.4 is 10.6 Å². The van der Waals surface area contributed by atoms with Gasteiger partial charge < -0.3 is 10.6 Å². The molecule has 4 aromatic rings. The highest BCUT2D eigenvalue weighted by molar-refractivity contribution is 6.05. The number of nitrogens with one attached hydrogen (secondary N) is 2. The van der Waals surface area contributed by atoms with E-state index in [1.807, 2.05) is 84.9 Å². The lowest BCUT2D eigenvalue weighted by atomic mass is 10.1. The second-order valence-corrected chi connectivity index (χ2v) is 8.01. The average Bonchev–Trinajstić information content (AvgIpc) is 3.25. The lowest BCUT2D eigenvalue weighted by Crippen LogP contribution is -2.14. The number of carbonyl (C=O) groups is 2. The van der Waals surface area contributed by atoms with Crippen molar-refractivity contribution in [1.82, 2.24) is 9.78 Å². The van der Waals surface area contributed by atoms with Crippen molar-refractivity contribution in [3.63, 3.8) is 0 Å². The molecule has 0 bridgehead atoms. The zero-order valence-electron chi connectivity index (χ0n) is 19.4. The maximum Gasteiger partial charge on any atom is 0.256 e. The molecule has 1 heterocycles. The summed E-state index contributed by atoms with van der Waals surface area (Å²) in [5, 5.41) is 10.2. The Hall–Kier alpha value is -4.71. The van der Waals surface area contributed by atoms with Gasteiger partial charge in [0, 0.05) is 35.5 Å². The minimum Gasteiger partial charge on any atom is -0.322 e. The van der Waals surface area contributed by atoms with Crippen LogP contribution in [0.25, 0.3) is 11.3 Å². The van der Waals surface area contributed by atoms with Crippen LogP contribution in [-0.2, 0) is 18.3 Å². The van der Waals surface area contributed by atoms with Gasteiger partial charge in [0.2, 0.25) is 0 Å². The fourth-order valence-electron chi connectivity index (χ4n) is 3.47. The molecule has 6 heteroatoms. The Morgan fingerprint density at radius 2 is 1.57 bits per heavy atom. The lowest BCUT2D eigenvalue weighted by Gasteiger charge is -2.06. The van der Waals surface area contributed by atoms with Crippen LogP contribution in [0.1, 0.15) is 15.9 Å². The minimum atomic E-state index is -0.259. The van der Waals surface area contributed by atoms with Crippen LogP contribution in [0, 0.1) is 0 Å². The summed E-state index contributed by atoms with van der Waals surface area (Å²) in [4.78, 5) is 24.9. The predicted molar refractivity (Wildman–Crippen MR) is 140 cm³/mol. The molecule has 0 aliphatic rings. The van der Waals surface area contributed by atoms with Gasteiger partial charge in [-0.05, 0) is 36.2 Å². The third-order valence-electron chi connectivity index (χ3n) is 5.40. The molecule has 3 aromatic carbocycles. The van der Waals surface area contributed by atoms with Crippen molar-refractivity contribution in [2.45, 2.75) is 6.42 Å². The van der Waals surface area contributed by atoms with Crippen molar-refractivity contribution in [2.24, 2.45) is 7.05 Å². The maximum absolute atomic E-state index is 12.5. The smallest absolute Gasteiger partial charge is 0.256 e. The number of allylic oxidation sites excluding steroid dienone is 1. The lowest BCUT2D eigenvalue weighted by molar-refractivity contribution is -0.112. The van der Waals surface area contributed by atoms with Gasteiger partial charge in [0.15, 0.2) is 0 Å². The summed E-state index contributed by atoms with van der Waals surface area (Å²) in [5.74, 6) is 0.131. The Kier molecular flexibility index (Phi) is 7.33. The molecular weight excluding hydrogens is 436 g/mol. The SMILES string of the molecule is C=C(/C=C/Cc1ccccc1)C(=O)Nc1ccc(-c2cc(NC(=O)c3ccccc3)n(C)n2)cc1. The molecule has 6 nitrogen and oxygen atoms in total. The van der Waals surface area contributed by atoms with Gasteiger partial charge in [-0.1, -0.05) is 79.4 Å². The number of anilines is 2. The van der Waals surface area contributed by atoms with Crippen LogP contribution in [0.3, 0.4) is 0 Å². The first kappa shape index (κ1) is 23.4. The standard InChI is InChI=1S/C29H26N4O2/c1-21(10-9-13-22-11-5-3-6-12-22)28(34)30-25-18-16-23(17-19-25)26-20-27(33(2)32-26)31-29(35)24-14-7-4-8-15-24/h3-12,14-20H,1,13H2,2H3,(H,30,34)(H,31,35)/b10-9+. The number of aromatic nitrogens is 2. The van der Waals surface area contributed by atoms with Crippen LogP contribution in [0.15, 0.2) is 115 Å². The number of nitrogens with zero attached hydrogens (tertiary/aromatic N) is 2. The molecule has 0 atom stereocenters. The molecule has 2 amide bonds. The van der Waals surface area contributed by atoms with Crippen molar-refractivity contribution < 1.29 is 9.59 Å². The Bertz CT molecular complexity index is 1360. The normalized spacial score (nSPS) is 10.8. The summed E-state index contributed by atoms with van der Waals surface area (Å²) < 4.78 is 1.62. The Morgan fingerprint density at radius 3 is 2.26 bits per heavy atom. The number of hydrogen-bond donors (Lipinski definition) is 2. The molecule has 4 rings (SSSR count). The number of hydrogen-bond acceptors (Lipinski definition) is 3. The Labute approximate surface area is 204 Å². The molecule has 35 heavy (non-hydrogen) atoms. The van der Waals surface area contributed by atoms with Crippen LogP contribution in [0.2, 0.25) is 0 Å². The minimum absolute atomic E-state index is 0.198. The van der Waals surface area contributed by atoms with Gasteiger partial charge in [-0.2, -0.15) is 5.10 Å². The van der Waals surface area contributed by atoms with Gasteiger partial charge in [0.1, 0.15) is 5.82 Å². The van der Waals surface area contributed by atoms with E-state index in [0.29, 0.717) is 28.3 Å². The second-order valence-electron chi connectivity index (χ2n) is 8.01. The van der Waals surface area contributed by atoms with Gasteiger partial charge >= 0.3 is 0 Å². The Morgan fingerprint density at radius 1 is 0.914 bits per heavy atom. The van der Waals surface area contributed by atoms with Crippen molar-refractivity contribution >= 4 is 23.3 Å². The molecule has 174 valence electrons. The molecule has 2 N–H and O–H groups in total. The molecule has 0 saturated heterocycles. The Balaban J connectivity index is 1.35. The molecule has 0 spiro atoms. The van der Waals surface area contributed by atoms with E-state index in [0.717, 1.165) is 12.0 Å². The first-order valence-electron chi connectivity index (χ1n) is 11.2. The van der Waals surface area contributed by atoms with E-state index in [2.05, 4.69) is 22.3 Å². The largest absolute Gasteiger partial charge is 0.322 e. The van der Waals surface area contributed by atoms with Gasteiger partial charge in [-0.15, -0.1) is 0 Å². The van der Waals surface area contributed by atoms with Gasteiger partial charge in [-0.3, -0.25) is 14.3 Å². The molecule has 0 unspecified atom stereocenters. The molecule has 0 aliphatic carbocycles. The number of carbonyl (C=O) groups excluding carboxylic acids is 2. The fourth-order valence-corrected chi connectivity index (χ4v) is 3.47. The van der Waals surface area contributed by atoms with Crippen molar-refractivity contribution in [3.8, 4) is 11.3 Å². The van der Waals surface area contributed by atoms with Gasteiger partial charge in [-0.25, -0.2) is 0 Å². The number of aryl methyl sites for hydroxylation is 1. The molecule has 0 aliphatic heterocycles. The number of benzene rings is 3. The van der Waals surface area contributed by atoms with Gasteiger partial charge in [0.05, 0.1) is 5.69 Å². The van der Waals surface area contributed by atoms with E-state index in [9.17, 15) is 9.59 Å². The zero-order valence-corrected chi connectivity index (χ0v) is 19.4. The van der Waals surface area contributed by atoms with Crippen molar-refractivity contribution in [2.75, 3.05) is 10.6 Å². The highest BCUT2D eigenvalue weighted by Gasteiger charge is 2.12. The highest BCUT2D eigenvalue weighted by atomic mass is 16.2. The first-order valence-corrected chi connectivity index (χ1v) is 11.2. The topological polar surface area (TPSA) is 76.0 Å². The third kappa shape index (κ3) is 6.21. The summed E-state index contributed by atoms with van der Waals surface area (Å²) in [6.07, 6.45) is 4.39.